The van der Waals surface area contributed by atoms with Crippen molar-refractivity contribution in [2.24, 2.45) is 0 Å². The summed E-state index contributed by atoms with van der Waals surface area (Å²) in [6.07, 6.45) is 0. The number of carbonyl (C=O) groups is 1. The number of nitrogens with zero attached hydrogens (tertiary/aromatic N) is 4. The van der Waals surface area contributed by atoms with Crippen LogP contribution in [0.5, 0.6) is 0 Å². The third-order valence-corrected chi connectivity index (χ3v) is 5.57. The second-order valence-corrected chi connectivity index (χ2v) is 7.63. The molecule has 0 unspecified atom stereocenters. The van der Waals surface area contributed by atoms with E-state index in [9.17, 15) is 9.18 Å². The van der Waals surface area contributed by atoms with Gasteiger partial charge >= 0.3 is 0 Å². The molecule has 1 saturated heterocycles. The fourth-order valence-electron chi connectivity index (χ4n) is 3.82. The molecule has 6 nitrogen and oxygen atoms in total. The highest BCUT2D eigenvalue weighted by atomic mass is 19.1. The molecule has 4 rings (SSSR count). The van der Waals surface area contributed by atoms with Gasteiger partial charge in [-0.2, -0.15) is 0 Å². The average molecular weight is 410 g/mol. The van der Waals surface area contributed by atoms with Gasteiger partial charge < -0.3 is 14.2 Å². The van der Waals surface area contributed by atoms with Crippen LogP contribution in [-0.2, 0) is 22.6 Å². The summed E-state index contributed by atoms with van der Waals surface area (Å²) >= 11 is 0. The molecule has 1 amide bonds. The van der Waals surface area contributed by atoms with E-state index in [4.69, 9.17) is 4.74 Å². The van der Waals surface area contributed by atoms with Crippen LogP contribution in [0.15, 0.2) is 48.5 Å². The maximum Gasteiger partial charge on any atom is 0.242 e. The molecule has 7 heteroatoms. The first-order chi connectivity index (χ1) is 14.6. The van der Waals surface area contributed by atoms with Crippen molar-refractivity contribution in [3.05, 3.63) is 65.7 Å². The first kappa shape index (κ1) is 20.5. The van der Waals surface area contributed by atoms with Gasteiger partial charge in [-0.25, -0.2) is 9.37 Å². The Morgan fingerprint density at radius 3 is 2.63 bits per heavy atom. The molecule has 1 aliphatic rings. The molecule has 158 valence electrons. The molecular formula is C23H27FN4O2. The SMILES string of the molecule is Cc1nc2ccccc2n1CC(=O)N(CCN1CCOCC1)Cc1ccc(F)cc1. The second kappa shape index (κ2) is 9.36. The largest absolute Gasteiger partial charge is 0.379 e. The van der Waals surface area contributed by atoms with Crippen molar-refractivity contribution < 1.29 is 13.9 Å². The summed E-state index contributed by atoms with van der Waals surface area (Å²) in [6.45, 7) is 7.23. The lowest BCUT2D eigenvalue weighted by atomic mass is 10.2. The summed E-state index contributed by atoms with van der Waals surface area (Å²) in [5.41, 5.74) is 2.76. The number of hydrogen-bond donors (Lipinski definition) is 0. The van der Waals surface area contributed by atoms with E-state index < -0.39 is 0 Å². The number of amides is 1. The predicted octanol–water partition coefficient (Wildman–Crippen LogP) is 2.84. The molecule has 1 aliphatic heterocycles. The number of para-hydroxylation sites is 2. The highest BCUT2D eigenvalue weighted by Crippen LogP contribution is 2.16. The Hall–Kier alpha value is -2.77. The minimum atomic E-state index is -0.273. The Bertz CT molecular complexity index is 996. The molecule has 0 radical (unpaired) electrons. The Kier molecular flexibility index (Phi) is 6.40. The molecule has 0 spiro atoms. The van der Waals surface area contributed by atoms with E-state index in [-0.39, 0.29) is 18.3 Å². The average Bonchev–Trinajstić information content (AvgIpc) is 3.08. The molecule has 2 aromatic carbocycles. The molecule has 1 fully saturated rings. The zero-order valence-corrected chi connectivity index (χ0v) is 17.3. The van der Waals surface area contributed by atoms with Crippen LogP contribution in [0, 0.1) is 12.7 Å². The summed E-state index contributed by atoms with van der Waals surface area (Å²) in [4.78, 5) is 22.0. The van der Waals surface area contributed by atoms with Crippen LogP contribution in [0.3, 0.4) is 0 Å². The molecule has 30 heavy (non-hydrogen) atoms. The zero-order valence-electron chi connectivity index (χ0n) is 17.3. The molecule has 0 bridgehead atoms. The van der Waals surface area contributed by atoms with Gasteiger partial charge in [0, 0.05) is 32.7 Å². The Balaban J connectivity index is 1.51. The Morgan fingerprint density at radius 2 is 1.87 bits per heavy atom. The maximum atomic E-state index is 13.3. The lowest BCUT2D eigenvalue weighted by Crippen LogP contribution is -2.43. The van der Waals surface area contributed by atoms with Crippen LogP contribution in [0.25, 0.3) is 11.0 Å². The normalized spacial score (nSPS) is 14.9. The number of fused-ring (bicyclic) bond motifs is 1. The van der Waals surface area contributed by atoms with Gasteiger partial charge in [0.25, 0.3) is 0 Å². The number of morpholine rings is 1. The second-order valence-electron chi connectivity index (χ2n) is 7.63. The molecule has 0 N–H and O–H groups in total. The quantitative estimate of drug-likeness (QED) is 0.601. The van der Waals surface area contributed by atoms with E-state index in [1.807, 2.05) is 40.7 Å². The van der Waals surface area contributed by atoms with Gasteiger partial charge in [-0.3, -0.25) is 9.69 Å². The number of carbonyl (C=O) groups excluding carboxylic acids is 1. The van der Waals surface area contributed by atoms with Crippen molar-refractivity contribution in [1.82, 2.24) is 19.4 Å². The van der Waals surface area contributed by atoms with E-state index in [1.54, 1.807) is 12.1 Å². The van der Waals surface area contributed by atoms with Crippen molar-refractivity contribution in [3.63, 3.8) is 0 Å². The van der Waals surface area contributed by atoms with Gasteiger partial charge in [0.15, 0.2) is 0 Å². The van der Waals surface area contributed by atoms with Crippen molar-refractivity contribution in [2.75, 3.05) is 39.4 Å². The topological polar surface area (TPSA) is 50.6 Å². The monoisotopic (exact) mass is 410 g/mol. The predicted molar refractivity (Wildman–Crippen MR) is 114 cm³/mol. The summed E-state index contributed by atoms with van der Waals surface area (Å²) in [5.74, 6) is 0.573. The molecule has 3 aromatic rings. The van der Waals surface area contributed by atoms with Gasteiger partial charge in [-0.1, -0.05) is 24.3 Å². The molecule has 0 aliphatic carbocycles. The number of hydrogen-bond acceptors (Lipinski definition) is 4. The maximum absolute atomic E-state index is 13.3. The minimum absolute atomic E-state index is 0.0267. The molecule has 0 saturated carbocycles. The highest BCUT2D eigenvalue weighted by molar-refractivity contribution is 5.81. The van der Waals surface area contributed by atoms with Crippen LogP contribution in [0.1, 0.15) is 11.4 Å². The van der Waals surface area contributed by atoms with Crippen molar-refractivity contribution >= 4 is 16.9 Å². The van der Waals surface area contributed by atoms with E-state index in [0.29, 0.717) is 13.1 Å². The van der Waals surface area contributed by atoms with E-state index in [0.717, 1.165) is 55.3 Å². The van der Waals surface area contributed by atoms with Gasteiger partial charge in [-0.15, -0.1) is 0 Å². The van der Waals surface area contributed by atoms with Gasteiger partial charge in [-0.05, 0) is 36.8 Å². The number of ether oxygens (including phenoxy) is 1. The van der Waals surface area contributed by atoms with E-state index in [2.05, 4.69) is 9.88 Å². The van der Waals surface area contributed by atoms with Crippen molar-refractivity contribution in [3.8, 4) is 0 Å². The van der Waals surface area contributed by atoms with Crippen molar-refractivity contribution in [2.45, 2.75) is 20.0 Å². The van der Waals surface area contributed by atoms with Crippen LogP contribution < -0.4 is 0 Å². The number of aromatic nitrogens is 2. The van der Waals surface area contributed by atoms with E-state index in [1.165, 1.54) is 12.1 Å². The standard InChI is InChI=1S/C23H27FN4O2/c1-18-25-21-4-2-3-5-22(21)28(18)17-23(29)27(11-10-26-12-14-30-15-13-26)16-19-6-8-20(24)9-7-19/h2-9H,10-17H2,1H3. The Morgan fingerprint density at radius 1 is 1.13 bits per heavy atom. The van der Waals surface area contributed by atoms with Gasteiger partial charge in [0.2, 0.25) is 5.91 Å². The number of rotatable bonds is 7. The molecule has 2 heterocycles. The van der Waals surface area contributed by atoms with Crippen LogP contribution in [0.2, 0.25) is 0 Å². The summed E-state index contributed by atoms with van der Waals surface area (Å²) in [5, 5.41) is 0. The fourth-order valence-corrected chi connectivity index (χ4v) is 3.82. The van der Waals surface area contributed by atoms with Gasteiger partial charge in [0.05, 0.1) is 24.2 Å². The summed E-state index contributed by atoms with van der Waals surface area (Å²) < 4.78 is 20.7. The fraction of sp³-hybridized carbons (Fsp3) is 0.391. The lowest BCUT2D eigenvalue weighted by molar-refractivity contribution is -0.132. The molecule has 0 atom stereocenters. The summed E-state index contributed by atoms with van der Waals surface area (Å²) in [7, 11) is 0. The number of halogens is 1. The first-order valence-corrected chi connectivity index (χ1v) is 10.3. The summed E-state index contributed by atoms with van der Waals surface area (Å²) in [6, 6.07) is 14.2. The number of imidazole rings is 1. The van der Waals surface area contributed by atoms with Crippen LogP contribution in [0.4, 0.5) is 4.39 Å². The van der Waals surface area contributed by atoms with Crippen LogP contribution >= 0.6 is 0 Å². The minimum Gasteiger partial charge on any atom is -0.379 e. The first-order valence-electron chi connectivity index (χ1n) is 10.3. The number of benzene rings is 2. The van der Waals surface area contributed by atoms with E-state index >= 15 is 0 Å². The molecular weight excluding hydrogens is 383 g/mol. The number of aryl methyl sites for hydroxylation is 1. The van der Waals surface area contributed by atoms with Crippen molar-refractivity contribution in [1.29, 1.82) is 0 Å². The third kappa shape index (κ3) is 4.86. The van der Waals surface area contributed by atoms with Crippen LogP contribution in [-0.4, -0.2) is 64.7 Å². The molecule has 1 aromatic heterocycles. The highest BCUT2D eigenvalue weighted by Gasteiger charge is 2.19. The smallest absolute Gasteiger partial charge is 0.242 e. The third-order valence-electron chi connectivity index (χ3n) is 5.57. The zero-order chi connectivity index (χ0) is 20.9. The van der Waals surface area contributed by atoms with Gasteiger partial charge in [0.1, 0.15) is 18.2 Å². The Labute approximate surface area is 175 Å². The lowest BCUT2D eigenvalue weighted by Gasteiger charge is -2.30.